The molecular weight excluding hydrogens is 289 g/mol. The van der Waals surface area contributed by atoms with Crippen LogP contribution in [0.3, 0.4) is 0 Å². The van der Waals surface area contributed by atoms with E-state index < -0.39 is 41.7 Å². The van der Waals surface area contributed by atoms with Gasteiger partial charge in [-0.25, -0.2) is 14.7 Å². The molecular formula is C11H14FN3O6. The molecule has 0 saturated carbocycles. The number of carbonyl (C=O) groups is 1. The molecule has 0 bridgehead atoms. The van der Waals surface area contributed by atoms with Crippen LogP contribution in [0.2, 0.25) is 0 Å². The predicted molar refractivity (Wildman–Crippen MR) is 65.0 cm³/mol. The summed E-state index contributed by atoms with van der Waals surface area (Å²) in [7, 11) is 0. The van der Waals surface area contributed by atoms with Crippen molar-refractivity contribution in [3.05, 3.63) is 22.5 Å². The van der Waals surface area contributed by atoms with Gasteiger partial charge in [0.15, 0.2) is 11.6 Å². The summed E-state index contributed by atoms with van der Waals surface area (Å²) in [6.45, 7) is 1.04. The summed E-state index contributed by atoms with van der Waals surface area (Å²) in [5, 5.41) is 18.4. The molecule has 9 nitrogen and oxygen atoms in total. The van der Waals surface area contributed by atoms with Crippen molar-refractivity contribution < 1.29 is 29.0 Å². The van der Waals surface area contributed by atoms with E-state index in [1.807, 2.05) is 0 Å². The number of hydrogen-bond acceptors (Lipinski definition) is 8. The summed E-state index contributed by atoms with van der Waals surface area (Å²) >= 11 is 0. The lowest BCUT2D eigenvalue weighted by molar-refractivity contribution is -0.147. The van der Waals surface area contributed by atoms with Crippen LogP contribution in [-0.2, 0) is 14.3 Å². The molecule has 0 radical (unpaired) electrons. The smallest absolute Gasteiger partial charge is 0.351 e. The first kappa shape index (κ1) is 15.4. The predicted octanol–water partition coefficient (Wildman–Crippen LogP) is -0.605. The molecule has 10 heteroatoms. The highest BCUT2D eigenvalue weighted by Gasteiger charge is 2.36. The van der Waals surface area contributed by atoms with Crippen molar-refractivity contribution in [1.29, 1.82) is 0 Å². The van der Waals surface area contributed by atoms with Crippen LogP contribution in [0.25, 0.3) is 0 Å². The fourth-order valence-corrected chi connectivity index (χ4v) is 1.97. The number of esters is 1. The van der Waals surface area contributed by atoms with Crippen LogP contribution < -0.4 is 11.2 Å². The molecule has 0 spiro atoms. The Morgan fingerprint density at radius 3 is 3.05 bits per heavy atom. The molecule has 0 amide bonds. The topological polar surface area (TPSA) is 123 Å². The van der Waals surface area contributed by atoms with Crippen molar-refractivity contribution >= 4 is 11.8 Å². The number of nitrogens with zero attached hydrogens (tertiary/aromatic N) is 2. The zero-order chi connectivity index (χ0) is 15.6. The molecule has 0 aliphatic carbocycles. The Hall–Kier alpha value is -2.04. The van der Waals surface area contributed by atoms with Gasteiger partial charge in [0.2, 0.25) is 0 Å². The van der Waals surface area contributed by atoms with Crippen molar-refractivity contribution in [2.45, 2.75) is 31.8 Å². The first-order valence-corrected chi connectivity index (χ1v) is 6.08. The molecule has 1 aromatic heterocycles. The Balaban J connectivity index is 2.15. The fraction of sp³-hybridized carbons (Fsp3) is 0.545. The van der Waals surface area contributed by atoms with E-state index in [0.717, 1.165) is 10.8 Å². The van der Waals surface area contributed by atoms with E-state index in [1.54, 1.807) is 0 Å². The highest BCUT2D eigenvalue weighted by molar-refractivity contribution is 5.65. The zero-order valence-electron chi connectivity index (χ0n) is 11.0. The van der Waals surface area contributed by atoms with Gasteiger partial charge < -0.3 is 14.6 Å². The maximum absolute atomic E-state index is 13.5. The lowest BCUT2D eigenvalue weighted by Gasteiger charge is -2.16. The Kier molecular flexibility index (Phi) is 4.50. The van der Waals surface area contributed by atoms with Gasteiger partial charge in [0, 0.05) is 13.3 Å². The number of nitrogens with one attached hydrogen (secondary N) is 1. The van der Waals surface area contributed by atoms with Crippen LogP contribution in [-0.4, -0.2) is 44.6 Å². The molecule has 1 saturated heterocycles. The highest BCUT2D eigenvalue weighted by atomic mass is 19.1. The van der Waals surface area contributed by atoms with E-state index in [4.69, 9.17) is 14.7 Å². The standard InChI is InChI=1S/C11H14FN3O6/c1-5(16)20-4-8-7(17)2-9(21-8)15-3-6(12)10(14-19)13-11(15)18/h3,7-9,17,19H,2,4H2,1H3,(H,13,14,18)/t7-,8+,9+/m0/s1. The lowest BCUT2D eigenvalue weighted by atomic mass is 10.2. The second-order valence-electron chi connectivity index (χ2n) is 4.47. The van der Waals surface area contributed by atoms with Gasteiger partial charge in [0.05, 0.1) is 12.3 Å². The van der Waals surface area contributed by atoms with E-state index >= 15 is 0 Å². The van der Waals surface area contributed by atoms with Crippen molar-refractivity contribution in [2.24, 2.45) is 0 Å². The van der Waals surface area contributed by atoms with Gasteiger partial charge in [0.25, 0.3) is 0 Å². The van der Waals surface area contributed by atoms with Gasteiger partial charge in [-0.05, 0) is 0 Å². The quantitative estimate of drug-likeness (QED) is 0.497. The average Bonchev–Trinajstić information content (AvgIpc) is 2.79. The van der Waals surface area contributed by atoms with Crippen molar-refractivity contribution in [3.63, 3.8) is 0 Å². The Morgan fingerprint density at radius 1 is 1.71 bits per heavy atom. The summed E-state index contributed by atoms with van der Waals surface area (Å²) in [5.74, 6) is -2.10. The SMILES string of the molecule is CC(=O)OC[C@H]1O[C@@H](n2cc(F)c(NO)nc2=O)C[C@@H]1O. The number of hydrogen-bond donors (Lipinski definition) is 3. The van der Waals surface area contributed by atoms with E-state index in [9.17, 15) is 19.1 Å². The van der Waals surface area contributed by atoms with Gasteiger partial charge in [-0.3, -0.25) is 14.6 Å². The van der Waals surface area contributed by atoms with Gasteiger partial charge in [-0.1, -0.05) is 0 Å². The van der Waals surface area contributed by atoms with E-state index in [1.165, 1.54) is 12.4 Å². The average molecular weight is 303 g/mol. The number of aromatic nitrogens is 2. The molecule has 2 rings (SSSR count). The molecule has 1 fully saturated rings. The molecule has 1 aliphatic heterocycles. The van der Waals surface area contributed by atoms with Crippen LogP contribution in [0.5, 0.6) is 0 Å². The second-order valence-corrected chi connectivity index (χ2v) is 4.47. The molecule has 21 heavy (non-hydrogen) atoms. The van der Waals surface area contributed by atoms with Crippen LogP contribution in [0.1, 0.15) is 19.6 Å². The maximum atomic E-state index is 13.5. The van der Waals surface area contributed by atoms with Gasteiger partial charge in [0.1, 0.15) is 18.9 Å². The lowest BCUT2D eigenvalue weighted by Crippen LogP contribution is -2.29. The monoisotopic (exact) mass is 303 g/mol. The van der Waals surface area contributed by atoms with E-state index in [-0.39, 0.29) is 13.0 Å². The normalized spacial score (nSPS) is 24.9. The maximum Gasteiger partial charge on any atom is 0.351 e. The number of aliphatic hydroxyl groups is 1. The number of aliphatic hydroxyl groups excluding tert-OH is 1. The minimum Gasteiger partial charge on any atom is -0.463 e. The molecule has 2 heterocycles. The van der Waals surface area contributed by atoms with Gasteiger partial charge >= 0.3 is 11.7 Å². The molecule has 116 valence electrons. The van der Waals surface area contributed by atoms with E-state index in [2.05, 4.69) is 4.98 Å². The van der Waals surface area contributed by atoms with E-state index in [0.29, 0.717) is 0 Å². The number of halogens is 1. The van der Waals surface area contributed by atoms with Crippen molar-refractivity contribution in [1.82, 2.24) is 9.55 Å². The van der Waals surface area contributed by atoms with Crippen LogP contribution >= 0.6 is 0 Å². The minimum atomic E-state index is -0.972. The highest BCUT2D eigenvalue weighted by Crippen LogP contribution is 2.28. The first-order valence-electron chi connectivity index (χ1n) is 6.08. The largest absolute Gasteiger partial charge is 0.463 e. The van der Waals surface area contributed by atoms with Crippen LogP contribution in [0.15, 0.2) is 11.0 Å². The Morgan fingerprint density at radius 2 is 2.43 bits per heavy atom. The molecule has 1 aromatic rings. The summed E-state index contributed by atoms with van der Waals surface area (Å²) in [5.41, 5.74) is 0.594. The Labute approximate surface area is 117 Å². The third kappa shape index (κ3) is 3.35. The third-order valence-corrected chi connectivity index (χ3v) is 2.98. The number of ether oxygens (including phenoxy) is 2. The Bertz CT molecular complexity index is 592. The van der Waals surface area contributed by atoms with Gasteiger partial charge in [-0.15, -0.1) is 0 Å². The summed E-state index contributed by atoms with van der Waals surface area (Å²) in [6.07, 6.45) is -1.91. The fourth-order valence-electron chi connectivity index (χ4n) is 1.97. The summed E-state index contributed by atoms with van der Waals surface area (Å²) in [6, 6.07) is 0. The molecule has 3 atom stereocenters. The molecule has 0 aromatic carbocycles. The third-order valence-electron chi connectivity index (χ3n) is 2.98. The molecule has 3 N–H and O–H groups in total. The number of rotatable bonds is 4. The summed E-state index contributed by atoms with van der Waals surface area (Å²) < 4.78 is 24.4. The second kappa shape index (κ2) is 6.16. The first-order chi connectivity index (χ1) is 9.92. The van der Waals surface area contributed by atoms with Crippen LogP contribution in [0, 0.1) is 5.82 Å². The minimum absolute atomic E-state index is 0.0128. The van der Waals surface area contributed by atoms with Crippen molar-refractivity contribution in [3.8, 4) is 0 Å². The zero-order valence-corrected chi connectivity index (χ0v) is 11.0. The van der Waals surface area contributed by atoms with Crippen molar-refractivity contribution in [2.75, 3.05) is 12.1 Å². The molecule has 0 unspecified atom stereocenters. The summed E-state index contributed by atoms with van der Waals surface area (Å²) in [4.78, 5) is 25.7. The van der Waals surface area contributed by atoms with Crippen LogP contribution in [0.4, 0.5) is 10.2 Å². The number of anilines is 1. The molecule has 1 aliphatic rings. The van der Waals surface area contributed by atoms with Gasteiger partial charge in [-0.2, -0.15) is 4.98 Å². The number of carbonyl (C=O) groups excluding carboxylic acids is 1.